The largest absolute Gasteiger partial charge is 0.468 e. The summed E-state index contributed by atoms with van der Waals surface area (Å²) >= 11 is 0. The molecule has 0 radical (unpaired) electrons. The van der Waals surface area contributed by atoms with Crippen molar-refractivity contribution in [1.29, 1.82) is 0 Å². The summed E-state index contributed by atoms with van der Waals surface area (Å²) in [5, 5.41) is 0. The maximum absolute atomic E-state index is 12.1. The number of carbonyl (C=O) groups is 3. The van der Waals surface area contributed by atoms with E-state index in [9.17, 15) is 14.4 Å². The monoisotopic (exact) mass is 294 g/mol. The van der Waals surface area contributed by atoms with E-state index in [2.05, 4.69) is 11.3 Å². The van der Waals surface area contributed by atoms with Gasteiger partial charge >= 0.3 is 17.9 Å². The molecule has 0 aromatic rings. The summed E-state index contributed by atoms with van der Waals surface area (Å²) in [5.74, 6) is -2.08. The lowest BCUT2D eigenvalue weighted by atomic mass is 9.86. The Hall–Kier alpha value is -2.37. The van der Waals surface area contributed by atoms with Crippen molar-refractivity contribution >= 4 is 17.9 Å². The van der Waals surface area contributed by atoms with Crippen molar-refractivity contribution in [3.63, 3.8) is 0 Å². The van der Waals surface area contributed by atoms with Gasteiger partial charge in [0.25, 0.3) is 0 Å². The lowest BCUT2D eigenvalue weighted by Crippen LogP contribution is -2.38. The molecule has 0 heterocycles. The minimum Gasteiger partial charge on any atom is -0.468 e. The van der Waals surface area contributed by atoms with E-state index in [-0.39, 0.29) is 6.42 Å². The quantitative estimate of drug-likeness (QED) is 0.337. The van der Waals surface area contributed by atoms with Crippen LogP contribution in [0.4, 0.5) is 0 Å². The Bertz CT molecular complexity index is 537. The third-order valence-electron chi connectivity index (χ3n) is 3.26. The van der Waals surface area contributed by atoms with Gasteiger partial charge in [-0.25, -0.2) is 4.79 Å². The molecule has 0 amide bonds. The second kappa shape index (κ2) is 6.39. The summed E-state index contributed by atoms with van der Waals surface area (Å²) in [4.78, 5) is 35.6. The molecule has 0 atom stereocenters. The van der Waals surface area contributed by atoms with Crippen LogP contribution >= 0.6 is 0 Å². The minimum atomic E-state index is -1.60. The van der Waals surface area contributed by atoms with Crippen molar-refractivity contribution in [2.24, 2.45) is 5.41 Å². The fraction of sp³-hybridized carbons (Fsp3) is 0.400. The summed E-state index contributed by atoms with van der Waals surface area (Å²) in [6.45, 7) is 5.50. The Morgan fingerprint density at radius 2 is 1.67 bits per heavy atom. The van der Waals surface area contributed by atoms with Gasteiger partial charge in [0.05, 0.1) is 21.3 Å². The van der Waals surface area contributed by atoms with Crippen LogP contribution in [-0.4, -0.2) is 39.2 Å². The molecule has 0 saturated carbocycles. The molecule has 0 bridgehead atoms. The van der Waals surface area contributed by atoms with Crippen LogP contribution in [0.15, 0.2) is 35.5 Å². The highest BCUT2D eigenvalue weighted by Gasteiger charge is 2.51. The molecule has 0 aliphatic heterocycles. The molecule has 0 N–H and O–H groups in total. The van der Waals surface area contributed by atoms with Crippen LogP contribution in [0.3, 0.4) is 0 Å². The first-order valence-corrected chi connectivity index (χ1v) is 6.16. The van der Waals surface area contributed by atoms with E-state index in [0.29, 0.717) is 16.7 Å². The van der Waals surface area contributed by atoms with Gasteiger partial charge in [0, 0.05) is 12.5 Å². The number of hydrogen-bond acceptors (Lipinski definition) is 6. The van der Waals surface area contributed by atoms with Gasteiger partial charge in [0.15, 0.2) is 5.41 Å². The minimum absolute atomic E-state index is 0.0381. The van der Waals surface area contributed by atoms with E-state index in [1.54, 1.807) is 6.92 Å². The smallest absolute Gasteiger partial charge is 0.330 e. The highest BCUT2D eigenvalue weighted by molar-refractivity contribution is 6.04. The second-order valence-electron chi connectivity index (χ2n) is 4.66. The van der Waals surface area contributed by atoms with Gasteiger partial charge < -0.3 is 14.2 Å². The highest BCUT2D eigenvalue weighted by Crippen LogP contribution is 2.44. The third-order valence-corrected chi connectivity index (χ3v) is 3.26. The number of methoxy groups -OCH3 is 3. The number of ether oxygens (including phenoxy) is 3. The molecular weight excluding hydrogens is 276 g/mol. The molecule has 1 rings (SSSR count). The standard InChI is InChI=1S/C15H18O6/c1-9(2)11-8-15(13(17)20-4,14(18)21-5)7-10(11)6-12(16)19-3/h6,8H,1,7H2,2-5H3/b10-6+. The molecule has 0 saturated heterocycles. The Kier molecular flexibility index (Phi) is 5.07. The molecule has 0 aromatic heterocycles. The van der Waals surface area contributed by atoms with Crippen molar-refractivity contribution in [2.45, 2.75) is 13.3 Å². The maximum Gasteiger partial charge on any atom is 0.330 e. The summed E-state index contributed by atoms with van der Waals surface area (Å²) in [6, 6.07) is 0. The van der Waals surface area contributed by atoms with E-state index < -0.39 is 23.3 Å². The summed E-state index contributed by atoms with van der Waals surface area (Å²) in [5.41, 5.74) is 0.0265. The van der Waals surface area contributed by atoms with Gasteiger partial charge in [-0.1, -0.05) is 12.2 Å². The van der Waals surface area contributed by atoms with Crippen LogP contribution < -0.4 is 0 Å². The first-order valence-electron chi connectivity index (χ1n) is 6.16. The van der Waals surface area contributed by atoms with Crippen LogP contribution in [0.2, 0.25) is 0 Å². The van der Waals surface area contributed by atoms with Crippen LogP contribution in [0.25, 0.3) is 0 Å². The molecule has 114 valence electrons. The lowest BCUT2D eigenvalue weighted by molar-refractivity contribution is -0.164. The summed E-state index contributed by atoms with van der Waals surface area (Å²) in [7, 11) is 3.61. The van der Waals surface area contributed by atoms with Gasteiger partial charge in [0.2, 0.25) is 0 Å². The molecule has 1 aliphatic carbocycles. The normalized spacial score (nSPS) is 17.9. The molecular formula is C15H18O6. The predicted octanol–water partition coefficient (Wildman–Crippen LogP) is 1.32. The number of hydrogen-bond donors (Lipinski definition) is 0. The average molecular weight is 294 g/mol. The van der Waals surface area contributed by atoms with E-state index >= 15 is 0 Å². The fourth-order valence-corrected chi connectivity index (χ4v) is 2.22. The Balaban J connectivity index is 3.42. The first kappa shape index (κ1) is 16.7. The zero-order chi connectivity index (χ0) is 16.2. The lowest BCUT2D eigenvalue weighted by Gasteiger charge is -2.20. The summed E-state index contributed by atoms with van der Waals surface area (Å²) in [6.07, 6.45) is 2.62. The molecule has 6 heteroatoms. The molecule has 0 aromatic carbocycles. The first-order chi connectivity index (χ1) is 9.82. The van der Waals surface area contributed by atoms with Crippen LogP contribution in [-0.2, 0) is 28.6 Å². The zero-order valence-electron chi connectivity index (χ0n) is 12.5. The van der Waals surface area contributed by atoms with Gasteiger partial charge in [-0.3, -0.25) is 9.59 Å². The topological polar surface area (TPSA) is 78.9 Å². The molecule has 0 unspecified atom stereocenters. The van der Waals surface area contributed by atoms with Crippen molar-refractivity contribution < 1.29 is 28.6 Å². The number of carbonyl (C=O) groups excluding carboxylic acids is 3. The fourth-order valence-electron chi connectivity index (χ4n) is 2.22. The van der Waals surface area contributed by atoms with Crippen molar-refractivity contribution in [2.75, 3.05) is 21.3 Å². The Labute approximate surface area is 123 Å². The van der Waals surface area contributed by atoms with E-state index in [4.69, 9.17) is 9.47 Å². The van der Waals surface area contributed by atoms with Crippen molar-refractivity contribution in [1.82, 2.24) is 0 Å². The van der Waals surface area contributed by atoms with Gasteiger partial charge in [-0.2, -0.15) is 0 Å². The van der Waals surface area contributed by atoms with E-state index in [1.807, 2.05) is 0 Å². The van der Waals surface area contributed by atoms with Crippen molar-refractivity contribution in [3.05, 3.63) is 35.5 Å². The van der Waals surface area contributed by atoms with Gasteiger partial charge in [0.1, 0.15) is 0 Å². The number of rotatable bonds is 4. The highest BCUT2D eigenvalue weighted by atomic mass is 16.5. The maximum atomic E-state index is 12.1. The van der Waals surface area contributed by atoms with Crippen LogP contribution in [0, 0.1) is 5.41 Å². The average Bonchev–Trinajstić information content (AvgIpc) is 2.86. The van der Waals surface area contributed by atoms with Crippen LogP contribution in [0.1, 0.15) is 13.3 Å². The Morgan fingerprint density at radius 3 is 2.05 bits per heavy atom. The molecule has 0 fully saturated rings. The Morgan fingerprint density at radius 1 is 1.14 bits per heavy atom. The van der Waals surface area contributed by atoms with E-state index in [0.717, 1.165) is 0 Å². The molecule has 21 heavy (non-hydrogen) atoms. The number of allylic oxidation sites excluding steroid dienone is 3. The van der Waals surface area contributed by atoms with Gasteiger partial charge in [-0.05, 0) is 24.1 Å². The zero-order valence-corrected chi connectivity index (χ0v) is 12.5. The molecule has 6 nitrogen and oxygen atoms in total. The SMILES string of the molecule is C=C(C)C1=CC(C(=O)OC)(C(=O)OC)C/C1=C\C(=O)OC. The third kappa shape index (κ3) is 3.04. The predicted molar refractivity (Wildman–Crippen MR) is 74.1 cm³/mol. The second-order valence-corrected chi connectivity index (χ2v) is 4.66. The van der Waals surface area contributed by atoms with E-state index in [1.165, 1.54) is 33.5 Å². The molecule has 0 spiro atoms. The van der Waals surface area contributed by atoms with Gasteiger partial charge in [-0.15, -0.1) is 0 Å². The van der Waals surface area contributed by atoms with Crippen LogP contribution in [0.5, 0.6) is 0 Å². The summed E-state index contributed by atoms with van der Waals surface area (Å²) < 4.78 is 14.0. The number of esters is 3. The molecule has 1 aliphatic rings. The van der Waals surface area contributed by atoms with Crippen molar-refractivity contribution in [3.8, 4) is 0 Å².